The zero-order chi connectivity index (χ0) is 14.7. The van der Waals surface area contributed by atoms with Crippen LogP contribution < -0.4 is 10.6 Å². The zero-order valence-electron chi connectivity index (χ0n) is 11.3. The molecule has 3 N–H and O–H groups in total. The summed E-state index contributed by atoms with van der Waals surface area (Å²) in [6.07, 6.45) is 0. The predicted molar refractivity (Wildman–Crippen MR) is 73.7 cm³/mol. The van der Waals surface area contributed by atoms with Crippen molar-refractivity contribution >= 4 is 17.6 Å². The Morgan fingerprint density at radius 2 is 2.00 bits per heavy atom. The molecule has 1 aromatic carbocycles. The van der Waals surface area contributed by atoms with E-state index < -0.39 is 17.8 Å². The van der Waals surface area contributed by atoms with Gasteiger partial charge in [0.05, 0.1) is 19.3 Å². The Hall–Kier alpha value is -2.08. The van der Waals surface area contributed by atoms with Gasteiger partial charge in [0.1, 0.15) is 5.92 Å². The molecule has 2 rings (SSSR count). The molecule has 1 aliphatic heterocycles. The van der Waals surface area contributed by atoms with Crippen molar-refractivity contribution in [2.75, 3.05) is 24.7 Å². The number of carbonyl (C=O) groups is 2. The number of aliphatic carboxylic acids is 1. The lowest BCUT2D eigenvalue weighted by Gasteiger charge is -2.31. The smallest absolute Gasteiger partial charge is 0.311 e. The van der Waals surface area contributed by atoms with Crippen molar-refractivity contribution in [3.63, 3.8) is 0 Å². The van der Waals surface area contributed by atoms with E-state index in [2.05, 4.69) is 0 Å². The van der Waals surface area contributed by atoms with Crippen LogP contribution in [0.3, 0.4) is 0 Å². The number of carbonyl (C=O) groups excluding carboxylic acids is 1. The van der Waals surface area contributed by atoms with Crippen molar-refractivity contribution in [2.45, 2.75) is 13.0 Å². The fraction of sp³-hybridized carbons (Fsp3) is 0.429. The number of nitrogens with zero attached hydrogens (tertiary/aromatic N) is 1. The van der Waals surface area contributed by atoms with Gasteiger partial charge in [-0.1, -0.05) is 0 Å². The van der Waals surface area contributed by atoms with Crippen LogP contribution in [0.15, 0.2) is 24.3 Å². The highest BCUT2D eigenvalue weighted by molar-refractivity contribution is 5.93. The number of benzene rings is 1. The molecule has 1 fully saturated rings. The molecule has 6 heteroatoms. The van der Waals surface area contributed by atoms with Gasteiger partial charge in [0, 0.05) is 17.8 Å². The van der Waals surface area contributed by atoms with Crippen LogP contribution in [0.2, 0.25) is 0 Å². The highest BCUT2D eigenvalue weighted by atomic mass is 16.5. The number of nitrogens with two attached hydrogens (primary N) is 1. The van der Waals surface area contributed by atoms with Gasteiger partial charge >= 0.3 is 5.97 Å². The van der Waals surface area contributed by atoms with E-state index >= 15 is 0 Å². The van der Waals surface area contributed by atoms with Crippen LogP contribution in [0.4, 0.5) is 5.69 Å². The molecule has 108 valence electrons. The topological polar surface area (TPSA) is 92.9 Å². The molecule has 1 aliphatic rings. The summed E-state index contributed by atoms with van der Waals surface area (Å²) in [5, 5.41) is 9.22. The van der Waals surface area contributed by atoms with Crippen LogP contribution in [0, 0.1) is 5.92 Å². The van der Waals surface area contributed by atoms with Gasteiger partial charge in [0.15, 0.2) is 0 Å². The Labute approximate surface area is 117 Å². The molecular formula is C14H18N2O4. The molecule has 0 bridgehead atoms. The first-order valence-electron chi connectivity index (χ1n) is 6.51. The van der Waals surface area contributed by atoms with Crippen molar-refractivity contribution in [1.29, 1.82) is 0 Å². The molecule has 6 nitrogen and oxygen atoms in total. The molecule has 0 saturated carbocycles. The van der Waals surface area contributed by atoms with E-state index in [-0.39, 0.29) is 12.6 Å². The van der Waals surface area contributed by atoms with Gasteiger partial charge in [-0.15, -0.1) is 0 Å². The first kappa shape index (κ1) is 14.3. The van der Waals surface area contributed by atoms with Crippen LogP contribution in [-0.4, -0.2) is 42.8 Å². The predicted octanol–water partition coefficient (Wildman–Crippen LogP) is 0.711. The Morgan fingerprint density at radius 3 is 2.50 bits per heavy atom. The minimum atomic E-state index is -0.847. The second-order valence-electron chi connectivity index (χ2n) is 4.75. The van der Waals surface area contributed by atoms with Gasteiger partial charge in [-0.05, 0) is 31.2 Å². The highest BCUT2D eigenvalue weighted by Crippen LogP contribution is 2.26. The molecule has 0 aliphatic carbocycles. The molecule has 2 unspecified atom stereocenters. The van der Waals surface area contributed by atoms with E-state index in [0.717, 1.165) is 5.69 Å². The minimum absolute atomic E-state index is 0.197. The summed E-state index contributed by atoms with van der Waals surface area (Å²) < 4.78 is 5.30. The normalized spacial score (nSPS) is 21.6. The SMILES string of the molecule is CCN(c1ccc(C(N)=O)cc1)C1COCC1C(=O)O. The standard InChI is InChI=1S/C14H18N2O4/c1-2-16(12-8-20-7-11(12)14(18)19)10-5-3-9(4-6-10)13(15)17/h3-6,11-12H,2,7-8H2,1H3,(H2,15,17)(H,18,19). The van der Waals surface area contributed by atoms with Gasteiger partial charge in [-0.25, -0.2) is 0 Å². The van der Waals surface area contributed by atoms with Gasteiger partial charge in [0.2, 0.25) is 5.91 Å². The highest BCUT2D eigenvalue weighted by Gasteiger charge is 2.37. The van der Waals surface area contributed by atoms with E-state index in [0.29, 0.717) is 18.7 Å². The van der Waals surface area contributed by atoms with Crippen LogP contribution in [0.5, 0.6) is 0 Å². The Bertz CT molecular complexity index is 500. The number of likely N-dealkylation sites (N-methyl/N-ethyl adjacent to an activating group) is 1. The molecule has 1 amide bonds. The van der Waals surface area contributed by atoms with E-state index in [1.54, 1.807) is 24.3 Å². The summed E-state index contributed by atoms with van der Waals surface area (Å²) >= 11 is 0. The Morgan fingerprint density at radius 1 is 1.35 bits per heavy atom. The third-order valence-electron chi connectivity index (χ3n) is 3.59. The summed E-state index contributed by atoms with van der Waals surface area (Å²) in [5.41, 5.74) is 6.50. The van der Waals surface area contributed by atoms with E-state index in [4.69, 9.17) is 10.5 Å². The first-order chi connectivity index (χ1) is 9.54. The van der Waals surface area contributed by atoms with Crippen molar-refractivity contribution < 1.29 is 19.4 Å². The van der Waals surface area contributed by atoms with Gasteiger partial charge < -0.3 is 20.5 Å². The van der Waals surface area contributed by atoms with Crippen molar-refractivity contribution in [3.8, 4) is 0 Å². The average Bonchev–Trinajstić information content (AvgIpc) is 2.89. The maximum atomic E-state index is 11.2. The molecule has 0 radical (unpaired) electrons. The second kappa shape index (κ2) is 5.92. The monoisotopic (exact) mass is 278 g/mol. The quantitative estimate of drug-likeness (QED) is 0.827. The fourth-order valence-electron chi connectivity index (χ4n) is 2.51. The number of hydrogen-bond acceptors (Lipinski definition) is 4. The molecule has 0 spiro atoms. The summed E-state index contributed by atoms with van der Waals surface area (Å²) in [6.45, 7) is 3.24. The molecule has 1 heterocycles. The van der Waals surface area contributed by atoms with E-state index in [9.17, 15) is 14.7 Å². The summed E-state index contributed by atoms with van der Waals surface area (Å²) in [5.74, 6) is -1.86. The fourth-order valence-corrected chi connectivity index (χ4v) is 2.51. The number of anilines is 1. The molecule has 20 heavy (non-hydrogen) atoms. The van der Waals surface area contributed by atoms with E-state index in [1.807, 2.05) is 11.8 Å². The van der Waals surface area contributed by atoms with Gasteiger partial charge in [-0.2, -0.15) is 0 Å². The summed E-state index contributed by atoms with van der Waals surface area (Å²) in [6, 6.07) is 6.65. The Balaban J connectivity index is 2.23. The number of hydrogen-bond donors (Lipinski definition) is 2. The molecule has 1 aromatic rings. The van der Waals surface area contributed by atoms with Gasteiger partial charge in [0.25, 0.3) is 0 Å². The number of ether oxygens (including phenoxy) is 1. The number of carboxylic acid groups (broad SMARTS) is 1. The lowest BCUT2D eigenvalue weighted by atomic mass is 10.0. The molecule has 0 aromatic heterocycles. The van der Waals surface area contributed by atoms with Crippen LogP contribution >= 0.6 is 0 Å². The zero-order valence-corrected chi connectivity index (χ0v) is 11.3. The second-order valence-corrected chi connectivity index (χ2v) is 4.75. The molecule has 1 saturated heterocycles. The number of amides is 1. The lowest BCUT2D eigenvalue weighted by molar-refractivity contribution is -0.141. The number of rotatable bonds is 5. The van der Waals surface area contributed by atoms with Crippen LogP contribution in [0.25, 0.3) is 0 Å². The maximum absolute atomic E-state index is 11.2. The van der Waals surface area contributed by atoms with Crippen molar-refractivity contribution in [3.05, 3.63) is 29.8 Å². The minimum Gasteiger partial charge on any atom is -0.481 e. The third-order valence-corrected chi connectivity index (χ3v) is 3.59. The molecule has 2 atom stereocenters. The average molecular weight is 278 g/mol. The summed E-state index contributed by atoms with van der Waals surface area (Å²) in [7, 11) is 0. The third kappa shape index (κ3) is 2.75. The Kier molecular flexibility index (Phi) is 4.24. The largest absolute Gasteiger partial charge is 0.481 e. The van der Waals surface area contributed by atoms with Crippen molar-refractivity contribution in [1.82, 2.24) is 0 Å². The van der Waals surface area contributed by atoms with E-state index in [1.165, 1.54) is 0 Å². The van der Waals surface area contributed by atoms with Crippen LogP contribution in [0.1, 0.15) is 17.3 Å². The molecular weight excluding hydrogens is 260 g/mol. The lowest BCUT2D eigenvalue weighted by Crippen LogP contribution is -2.43. The van der Waals surface area contributed by atoms with Gasteiger partial charge in [-0.3, -0.25) is 9.59 Å². The first-order valence-corrected chi connectivity index (χ1v) is 6.51. The summed E-state index contributed by atoms with van der Waals surface area (Å²) in [4.78, 5) is 24.3. The maximum Gasteiger partial charge on any atom is 0.311 e. The number of primary amides is 1. The van der Waals surface area contributed by atoms with Crippen molar-refractivity contribution in [2.24, 2.45) is 11.7 Å². The van der Waals surface area contributed by atoms with Crippen LogP contribution in [-0.2, 0) is 9.53 Å². The number of carboxylic acids is 1.